The Morgan fingerprint density at radius 2 is 0.588 bits per heavy atom. The van der Waals surface area contributed by atoms with E-state index in [-0.39, 0.29) is 90.0 Å². The molecule has 0 saturated carbocycles. The van der Waals surface area contributed by atoms with Crippen molar-refractivity contribution in [3.05, 3.63) is 168 Å². The van der Waals surface area contributed by atoms with E-state index in [1.165, 1.54) is 72.8 Å². The maximum absolute atomic E-state index is 12.8. The van der Waals surface area contributed by atoms with Gasteiger partial charge in [0.1, 0.15) is 42.3 Å². The van der Waals surface area contributed by atoms with Crippen molar-refractivity contribution >= 4 is 197 Å². The molecule has 0 aliphatic carbocycles. The quantitative estimate of drug-likeness (QED) is 0.0221. The minimum absolute atomic E-state index is 0.0132. The summed E-state index contributed by atoms with van der Waals surface area (Å²) in [4.78, 5) is 20.4. The van der Waals surface area contributed by atoms with Crippen LogP contribution in [0.2, 0.25) is 10.6 Å². The summed E-state index contributed by atoms with van der Waals surface area (Å²) in [5.41, 5.74) is -1.91. The molecule has 0 amide bonds. The molecule has 46 heteroatoms. The molecule has 11 aromatic rings. The van der Waals surface area contributed by atoms with E-state index >= 15 is 0 Å². The van der Waals surface area contributed by atoms with E-state index in [1.807, 2.05) is 0 Å². The minimum Gasteiger partial charge on any atom is -0.505 e. The van der Waals surface area contributed by atoms with Crippen LogP contribution in [0.4, 0.5) is 92.0 Å². The van der Waals surface area contributed by atoms with Gasteiger partial charge in [-0.3, -0.25) is 27.3 Å². The second-order valence-corrected chi connectivity index (χ2v) is 29.6. The normalized spacial score (nSPS) is 12.7. The maximum atomic E-state index is 12.8. The molecule has 12 N–H and O–H groups in total. The Labute approximate surface area is 583 Å². The Morgan fingerprint density at radius 1 is 0.294 bits per heavy atom. The van der Waals surface area contributed by atoms with Gasteiger partial charge in [0.15, 0.2) is 11.5 Å². The van der Waals surface area contributed by atoms with Crippen molar-refractivity contribution in [3.8, 4) is 11.5 Å². The Hall–Kier alpha value is -11.2. The van der Waals surface area contributed by atoms with E-state index in [0.717, 1.165) is 60.7 Å². The zero-order valence-electron chi connectivity index (χ0n) is 50.0. The summed E-state index contributed by atoms with van der Waals surface area (Å²) in [5.74, 6) is -2.15. The Bertz CT molecular complexity index is 5770. The van der Waals surface area contributed by atoms with Crippen LogP contribution in [0.1, 0.15) is 0 Å². The molecule has 0 radical (unpaired) electrons. The molecule has 0 aliphatic heterocycles. The molecule has 9 aromatic carbocycles. The van der Waals surface area contributed by atoms with Gasteiger partial charge >= 0.3 is 0 Å². The lowest BCUT2D eigenvalue weighted by Gasteiger charge is -2.12. The van der Waals surface area contributed by atoms with Gasteiger partial charge in [0.25, 0.3) is 60.7 Å². The van der Waals surface area contributed by atoms with Gasteiger partial charge in [0.2, 0.25) is 34.4 Å². The smallest absolute Gasteiger partial charge is 0.296 e. The SMILES string of the molecule is O=S(=O)(O)c1ccc(N=Nc2ccc(N=Nc3c(S(=O)(=O)O)cc4cc(Nc5nc(Cl)nc(Nc6ccc(Nc7nc(Cl)nc(Nc8ccc9c(O)c(N=Nc%10ccc(N=Nc%11ccc(S(=O)(=O)O)cc%11)cc%10S(=O)(=O)O)c(S(=O)(=O)O)cc9c8)n7)cc6)n5)ccc4c3O)c(S(=O)(=O)O)c2)cc1. The van der Waals surface area contributed by atoms with Crippen molar-refractivity contribution in [3.63, 3.8) is 0 Å². The molecule has 0 atom stereocenters. The van der Waals surface area contributed by atoms with Gasteiger partial charge in [0, 0.05) is 33.5 Å². The Kier molecular flexibility index (Phi) is 19.8. The lowest BCUT2D eigenvalue weighted by atomic mass is 10.1. The number of nitrogens with zero attached hydrogens (tertiary/aromatic N) is 14. The minimum atomic E-state index is -5.23. The summed E-state index contributed by atoms with van der Waals surface area (Å²) in [5, 5.41) is 64.1. The molecule has 11 rings (SSSR count). The average molecular weight is 1550 g/mol. The van der Waals surface area contributed by atoms with Gasteiger partial charge in [0.05, 0.1) is 32.5 Å². The van der Waals surface area contributed by atoms with E-state index < -0.39 is 124 Å². The predicted octanol–water partition coefficient (Wildman–Crippen LogP) is 13.2. The summed E-state index contributed by atoms with van der Waals surface area (Å²) < 4.78 is 205. The topological polar surface area (TPSA) is 591 Å². The van der Waals surface area contributed by atoms with E-state index in [4.69, 9.17) is 23.2 Å². The second kappa shape index (κ2) is 28.1. The van der Waals surface area contributed by atoms with E-state index in [1.54, 1.807) is 24.3 Å². The molecule has 0 spiro atoms. The number of aromatic nitrogens is 6. The van der Waals surface area contributed by atoms with Gasteiger partial charge in [-0.25, -0.2) is 0 Å². The molecule has 0 aliphatic rings. The first-order valence-corrected chi connectivity index (χ1v) is 36.9. The molecule has 0 saturated heterocycles. The maximum Gasteiger partial charge on any atom is 0.296 e. The molecule has 2 aromatic heterocycles. The molecule has 0 fully saturated rings. The fourth-order valence-corrected chi connectivity index (χ4v) is 12.9. The first-order chi connectivity index (χ1) is 47.9. The number of halogens is 2. The van der Waals surface area contributed by atoms with E-state index in [0.29, 0.717) is 11.4 Å². The van der Waals surface area contributed by atoms with Crippen LogP contribution in [0.15, 0.2) is 228 Å². The van der Waals surface area contributed by atoms with Crippen molar-refractivity contribution in [2.24, 2.45) is 40.9 Å². The molecule has 38 nitrogen and oxygen atoms in total. The van der Waals surface area contributed by atoms with Crippen LogP contribution in [0.5, 0.6) is 11.5 Å². The third-order valence-corrected chi connectivity index (χ3v) is 19.1. The lowest BCUT2D eigenvalue weighted by Crippen LogP contribution is -2.05. The highest BCUT2D eigenvalue weighted by atomic mass is 35.5. The Balaban J connectivity index is 0.758. The van der Waals surface area contributed by atoms with E-state index in [2.05, 4.69) is 92.1 Å². The summed E-state index contributed by atoms with van der Waals surface area (Å²) in [7, 11) is -29.7. The summed E-state index contributed by atoms with van der Waals surface area (Å²) >= 11 is 12.6. The molecule has 522 valence electrons. The highest BCUT2D eigenvalue weighted by Crippen LogP contribution is 2.45. The van der Waals surface area contributed by atoms with Crippen LogP contribution in [0, 0.1) is 0 Å². The lowest BCUT2D eigenvalue weighted by molar-refractivity contribution is 0.471. The fraction of sp³-hybridized carbons (Fsp3) is 0. The first-order valence-electron chi connectivity index (χ1n) is 27.5. The number of phenolic OH excluding ortho intramolecular Hbond substituents is 2. The van der Waals surface area contributed by atoms with Gasteiger partial charge in [-0.1, -0.05) is 0 Å². The molecule has 2 heterocycles. The standard InChI is InChI=1S/C56H38Cl2N18O20S6/c57-51-63-53(67-55(65-51)61-33-9-17-39-27(21-33)23-45(101(91,92)93)47(49(39)77)75-73-41-19-11-35(25-43(41)99(85,86)87)71-69-31-5-13-37(14-6-31)97(79,80)81)59-29-1-2-30(4-3-29)60-54-64-52(58)66-56(68-54)62-34-10-18-40-28(22-34)24-46(102(94,95)96)48(50(40)78)76-74-42-20-12-36(26-44(42)100(88,89)90)72-70-32-7-15-38(16-8-32)98(82,83)84/h1-26,77-78H,(H,79,80,81)(H,82,83,84)(H,85,86,87)(H,88,89,90)(H,91,92,93)(H,94,95,96)(H2,59,61,63,65,67)(H2,60,62,64,66,68). The van der Waals surface area contributed by atoms with Crippen molar-refractivity contribution in [1.82, 2.24) is 29.9 Å². The van der Waals surface area contributed by atoms with Crippen LogP contribution in [-0.2, 0) is 60.7 Å². The summed E-state index contributed by atoms with van der Waals surface area (Å²) in [6, 6.07) is 31.1. The van der Waals surface area contributed by atoms with Gasteiger partial charge in [-0.2, -0.15) is 101 Å². The molecule has 102 heavy (non-hydrogen) atoms. The monoisotopic (exact) mass is 1540 g/mol. The van der Waals surface area contributed by atoms with Crippen LogP contribution < -0.4 is 21.3 Å². The van der Waals surface area contributed by atoms with Crippen LogP contribution in [0.3, 0.4) is 0 Å². The number of aromatic hydroxyl groups is 2. The molecule has 0 bridgehead atoms. The number of benzene rings is 9. The Morgan fingerprint density at radius 3 is 0.902 bits per heavy atom. The highest BCUT2D eigenvalue weighted by Gasteiger charge is 2.27. The number of hydrogen-bond donors (Lipinski definition) is 12. The largest absolute Gasteiger partial charge is 0.505 e. The number of anilines is 8. The third-order valence-electron chi connectivity index (χ3n) is 13.6. The summed E-state index contributed by atoms with van der Waals surface area (Å²) in [6.45, 7) is 0. The number of hydrogen-bond acceptors (Lipinski definition) is 32. The number of azo groups is 4. The molecule has 0 unspecified atom stereocenters. The fourth-order valence-electron chi connectivity index (χ4n) is 9.04. The van der Waals surface area contributed by atoms with E-state index in [9.17, 15) is 88.0 Å². The van der Waals surface area contributed by atoms with Crippen molar-refractivity contribution in [1.29, 1.82) is 0 Å². The number of phenols is 2. The van der Waals surface area contributed by atoms with Crippen molar-refractivity contribution < 1.29 is 88.0 Å². The van der Waals surface area contributed by atoms with Gasteiger partial charge < -0.3 is 31.5 Å². The second-order valence-electron chi connectivity index (χ2n) is 20.5. The first kappa shape index (κ1) is 72.0. The zero-order chi connectivity index (χ0) is 73.4. The van der Waals surface area contributed by atoms with Crippen LogP contribution >= 0.6 is 23.2 Å². The number of nitrogens with one attached hydrogen (secondary N) is 4. The van der Waals surface area contributed by atoms with Gasteiger partial charge in [-0.05, 0) is 192 Å². The average Bonchev–Trinajstić information content (AvgIpc) is 0.767. The highest BCUT2D eigenvalue weighted by molar-refractivity contribution is 7.87. The predicted molar refractivity (Wildman–Crippen MR) is 362 cm³/mol. The van der Waals surface area contributed by atoms with Gasteiger partial charge in [-0.15, -0.1) is 20.5 Å². The molecular weight excluding hydrogens is 1510 g/mol. The van der Waals surface area contributed by atoms with Crippen LogP contribution in [-0.4, -0.2) is 118 Å². The van der Waals surface area contributed by atoms with Crippen molar-refractivity contribution in [2.75, 3.05) is 21.3 Å². The zero-order valence-corrected chi connectivity index (χ0v) is 56.4. The van der Waals surface area contributed by atoms with Crippen molar-refractivity contribution in [2.45, 2.75) is 29.4 Å². The number of rotatable bonds is 22. The summed E-state index contributed by atoms with van der Waals surface area (Å²) in [6.07, 6.45) is 0. The molecular formula is C56H38Cl2N18O20S6. The third kappa shape index (κ3) is 17.3. The number of fused-ring (bicyclic) bond motifs is 2. The van der Waals surface area contributed by atoms with Crippen LogP contribution in [0.25, 0.3) is 21.5 Å².